The van der Waals surface area contributed by atoms with Crippen LogP contribution in [0, 0.1) is 0 Å². The predicted octanol–water partition coefficient (Wildman–Crippen LogP) is 2.33. The van der Waals surface area contributed by atoms with Crippen LogP contribution in [0.1, 0.15) is 11.1 Å². The summed E-state index contributed by atoms with van der Waals surface area (Å²) in [6, 6.07) is 10.4. The Hall–Kier alpha value is -2.31. The van der Waals surface area contributed by atoms with E-state index in [4.69, 9.17) is 0 Å². The average molecular weight is 449 g/mol. The lowest BCUT2D eigenvalue weighted by Gasteiger charge is -2.19. The monoisotopic (exact) mass is 449 g/mol. The molecule has 158 valence electrons. The Morgan fingerprint density at radius 3 is 2.17 bits per heavy atom. The van der Waals surface area contributed by atoms with Gasteiger partial charge in [-0.15, -0.1) is 0 Å². The number of rotatable bonds is 6. The maximum Gasteiger partial charge on any atom is 0.416 e. The van der Waals surface area contributed by atoms with Gasteiger partial charge in [0, 0.05) is 20.1 Å². The van der Waals surface area contributed by atoms with Crippen molar-refractivity contribution in [3.63, 3.8) is 0 Å². The molecule has 0 aromatic heterocycles. The number of sulfonamides is 1. The number of nitrogens with zero attached hydrogens (tertiary/aromatic N) is 2. The van der Waals surface area contributed by atoms with Crippen LogP contribution in [0.3, 0.4) is 0 Å². The van der Waals surface area contributed by atoms with Crippen molar-refractivity contribution in [3.8, 4) is 0 Å². The van der Waals surface area contributed by atoms with Crippen molar-refractivity contribution in [2.45, 2.75) is 11.9 Å². The predicted molar refractivity (Wildman–Crippen MR) is 103 cm³/mol. The van der Waals surface area contributed by atoms with Crippen molar-refractivity contribution >= 4 is 31.6 Å². The Bertz CT molecular complexity index is 1100. The molecule has 3 rings (SSSR count). The Kier molecular flexibility index (Phi) is 5.54. The molecule has 1 heterocycles. The zero-order valence-corrected chi connectivity index (χ0v) is 16.9. The highest BCUT2D eigenvalue weighted by molar-refractivity contribution is 7.94. The van der Waals surface area contributed by atoms with E-state index in [0.717, 1.165) is 32.9 Å². The number of para-hydroxylation sites is 2. The number of benzene rings is 2. The number of nitrogens with one attached hydrogen (secondary N) is 1. The Balaban J connectivity index is 1.64. The third-order valence-electron chi connectivity index (χ3n) is 4.39. The van der Waals surface area contributed by atoms with Gasteiger partial charge in [-0.1, -0.05) is 24.3 Å². The summed E-state index contributed by atoms with van der Waals surface area (Å²) in [6.45, 7) is -0.319. The Labute approximate surface area is 167 Å². The van der Waals surface area contributed by atoms with Crippen molar-refractivity contribution in [2.24, 2.45) is 0 Å². The molecule has 0 saturated carbocycles. The van der Waals surface area contributed by atoms with Gasteiger partial charge >= 0.3 is 16.4 Å². The van der Waals surface area contributed by atoms with E-state index in [1.807, 2.05) is 0 Å². The molecular weight excluding hydrogens is 431 g/mol. The fourth-order valence-electron chi connectivity index (χ4n) is 2.94. The van der Waals surface area contributed by atoms with Gasteiger partial charge in [0.05, 0.1) is 22.7 Å². The first-order chi connectivity index (χ1) is 13.4. The van der Waals surface area contributed by atoms with E-state index in [1.165, 1.54) is 7.05 Å². The molecule has 1 aliphatic heterocycles. The normalized spacial score (nSPS) is 16.1. The zero-order chi connectivity index (χ0) is 21.4. The maximum absolute atomic E-state index is 12.6. The average Bonchev–Trinajstić information content (AvgIpc) is 2.82. The van der Waals surface area contributed by atoms with Crippen molar-refractivity contribution in [1.29, 1.82) is 0 Å². The number of hydrogen-bond donors (Lipinski definition) is 1. The summed E-state index contributed by atoms with van der Waals surface area (Å²) in [7, 11) is -6.26. The molecular formula is C17H18F3N3O4S2. The van der Waals surface area contributed by atoms with E-state index in [-0.39, 0.29) is 18.7 Å². The van der Waals surface area contributed by atoms with Gasteiger partial charge in [0.2, 0.25) is 10.0 Å². The maximum atomic E-state index is 12.6. The summed E-state index contributed by atoms with van der Waals surface area (Å²) in [5.41, 5.74) is 0.245. The molecule has 2 aromatic rings. The van der Waals surface area contributed by atoms with Gasteiger partial charge in [0.25, 0.3) is 0 Å². The quantitative estimate of drug-likeness (QED) is 0.734. The van der Waals surface area contributed by atoms with Crippen molar-refractivity contribution in [3.05, 3.63) is 59.7 Å². The first-order valence-corrected chi connectivity index (χ1v) is 11.5. The molecule has 0 spiro atoms. The van der Waals surface area contributed by atoms with Crippen LogP contribution in [-0.2, 0) is 32.2 Å². The van der Waals surface area contributed by atoms with Gasteiger partial charge in [0.15, 0.2) is 0 Å². The van der Waals surface area contributed by atoms with E-state index in [2.05, 4.69) is 4.72 Å². The van der Waals surface area contributed by atoms with Crippen molar-refractivity contribution in [2.75, 3.05) is 28.7 Å². The van der Waals surface area contributed by atoms with E-state index >= 15 is 0 Å². The molecule has 0 fully saturated rings. The summed E-state index contributed by atoms with van der Waals surface area (Å²) in [6.07, 6.45) is -4.50. The summed E-state index contributed by atoms with van der Waals surface area (Å²) >= 11 is 0. The number of halogens is 3. The second-order valence-corrected chi connectivity index (χ2v) is 10.1. The van der Waals surface area contributed by atoms with E-state index in [1.54, 1.807) is 24.3 Å². The lowest BCUT2D eigenvalue weighted by atomic mass is 10.1. The van der Waals surface area contributed by atoms with E-state index < -0.39 is 37.7 Å². The molecule has 0 bridgehead atoms. The third-order valence-corrected chi connectivity index (χ3v) is 7.57. The SMILES string of the molecule is CN1c2ccccc2N(CCNS(=O)(=O)Cc2ccc(C(F)(F)F)cc2)S1(=O)=O. The smallest absolute Gasteiger partial charge is 0.254 e. The standard InChI is InChI=1S/C17H18F3N3O4S2/c1-22-15-4-2-3-5-16(15)23(29(22,26)27)11-10-21-28(24,25)12-13-6-8-14(9-7-13)17(18,19)20/h2-9,21H,10-12H2,1H3. The first kappa shape index (κ1) is 21.4. The minimum atomic E-state index is -4.50. The zero-order valence-electron chi connectivity index (χ0n) is 15.2. The first-order valence-electron chi connectivity index (χ1n) is 8.41. The van der Waals surface area contributed by atoms with Gasteiger partial charge in [0.1, 0.15) is 0 Å². The van der Waals surface area contributed by atoms with Crippen molar-refractivity contribution < 1.29 is 30.0 Å². The molecule has 2 aromatic carbocycles. The Morgan fingerprint density at radius 1 is 1.00 bits per heavy atom. The highest BCUT2D eigenvalue weighted by Gasteiger charge is 2.37. The second kappa shape index (κ2) is 7.50. The molecule has 0 radical (unpaired) electrons. The lowest BCUT2D eigenvalue weighted by molar-refractivity contribution is -0.137. The highest BCUT2D eigenvalue weighted by Crippen LogP contribution is 2.39. The van der Waals surface area contributed by atoms with Crippen LogP contribution in [0.5, 0.6) is 0 Å². The van der Waals surface area contributed by atoms with Crippen LogP contribution >= 0.6 is 0 Å². The van der Waals surface area contributed by atoms with Crippen molar-refractivity contribution in [1.82, 2.24) is 4.72 Å². The van der Waals surface area contributed by atoms with Crippen LogP contribution in [0.15, 0.2) is 48.5 Å². The topological polar surface area (TPSA) is 86.8 Å². The fraction of sp³-hybridized carbons (Fsp3) is 0.294. The van der Waals surface area contributed by atoms with Crippen LogP contribution < -0.4 is 13.3 Å². The highest BCUT2D eigenvalue weighted by atomic mass is 32.2. The summed E-state index contributed by atoms with van der Waals surface area (Å²) in [5.74, 6) is -0.519. The largest absolute Gasteiger partial charge is 0.416 e. The molecule has 7 nitrogen and oxygen atoms in total. The summed E-state index contributed by atoms with van der Waals surface area (Å²) in [4.78, 5) is 0. The second-order valence-electron chi connectivity index (χ2n) is 6.38. The lowest BCUT2D eigenvalue weighted by Crippen LogP contribution is -2.40. The van der Waals surface area contributed by atoms with Gasteiger partial charge in [-0.05, 0) is 29.8 Å². The van der Waals surface area contributed by atoms with Crippen LogP contribution in [-0.4, -0.2) is 37.0 Å². The summed E-state index contributed by atoms with van der Waals surface area (Å²) < 4.78 is 91.7. The summed E-state index contributed by atoms with van der Waals surface area (Å²) in [5, 5.41) is 0. The van der Waals surface area contributed by atoms with Gasteiger partial charge < -0.3 is 0 Å². The molecule has 0 amide bonds. The molecule has 29 heavy (non-hydrogen) atoms. The van der Waals surface area contributed by atoms with Crippen LogP contribution in [0.4, 0.5) is 24.5 Å². The molecule has 1 aliphatic rings. The number of alkyl halides is 3. The van der Waals surface area contributed by atoms with Crippen LogP contribution in [0.25, 0.3) is 0 Å². The van der Waals surface area contributed by atoms with E-state index in [0.29, 0.717) is 11.4 Å². The molecule has 0 atom stereocenters. The van der Waals surface area contributed by atoms with Gasteiger partial charge in [-0.3, -0.25) is 4.31 Å². The minimum absolute atomic E-state index is 0.129. The molecule has 12 heteroatoms. The number of hydrogen-bond acceptors (Lipinski definition) is 4. The molecule has 1 N–H and O–H groups in total. The molecule has 0 aliphatic carbocycles. The molecule has 0 unspecified atom stereocenters. The minimum Gasteiger partial charge on any atom is -0.254 e. The van der Waals surface area contributed by atoms with Gasteiger partial charge in [-0.2, -0.15) is 21.6 Å². The molecule has 0 saturated heterocycles. The third kappa shape index (κ3) is 4.49. The number of fused-ring (bicyclic) bond motifs is 1. The number of anilines is 2. The fourth-order valence-corrected chi connectivity index (χ4v) is 5.50. The van der Waals surface area contributed by atoms with E-state index in [9.17, 15) is 30.0 Å². The van der Waals surface area contributed by atoms with Gasteiger partial charge in [-0.25, -0.2) is 17.4 Å². The Morgan fingerprint density at radius 2 is 1.59 bits per heavy atom. The van der Waals surface area contributed by atoms with Crippen LogP contribution in [0.2, 0.25) is 0 Å².